The molecule has 1 amide bonds. The van der Waals surface area contributed by atoms with Crippen LogP contribution in [-0.2, 0) is 14.6 Å². The Labute approximate surface area is 103 Å². The summed E-state index contributed by atoms with van der Waals surface area (Å²) >= 11 is 3.15. The Morgan fingerprint density at radius 1 is 1.44 bits per heavy atom. The zero-order valence-corrected chi connectivity index (χ0v) is 11.1. The molecule has 0 radical (unpaired) electrons. The minimum Gasteiger partial charge on any atom is -0.326 e. The van der Waals surface area contributed by atoms with Gasteiger partial charge in [0.25, 0.3) is 0 Å². The highest BCUT2D eigenvalue weighted by atomic mass is 79.9. The van der Waals surface area contributed by atoms with E-state index in [0.29, 0.717) is 17.4 Å². The number of rotatable bonds is 4. The summed E-state index contributed by atoms with van der Waals surface area (Å²) in [6.45, 7) is 0. The van der Waals surface area contributed by atoms with Crippen molar-refractivity contribution in [3.63, 3.8) is 0 Å². The maximum atomic E-state index is 11.3. The van der Waals surface area contributed by atoms with Gasteiger partial charge in [-0.1, -0.05) is 22.0 Å². The molecule has 0 aromatic heterocycles. The van der Waals surface area contributed by atoms with Crippen LogP contribution >= 0.6 is 15.9 Å². The second-order valence-corrected chi connectivity index (χ2v) is 6.10. The smallest absolute Gasteiger partial charge is 0.225 e. The summed E-state index contributed by atoms with van der Waals surface area (Å²) in [5.74, 6) is -0.150. The molecule has 1 rings (SSSR count). The van der Waals surface area contributed by atoms with Crippen LogP contribution in [0.5, 0.6) is 0 Å². The summed E-state index contributed by atoms with van der Waals surface area (Å²) in [6, 6.07) is 6.19. The third-order valence-electron chi connectivity index (χ3n) is 1.87. The van der Waals surface area contributed by atoms with Gasteiger partial charge in [0.05, 0.1) is 4.90 Å². The molecule has 0 aliphatic carbocycles. The lowest BCUT2D eigenvalue weighted by atomic mass is 10.3. The molecule has 0 fully saturated rings. The molecule has 0 atom stereocenters. The van der Waals surface area contributed by atoms with Gasteiger partial charge in [0, 0.05) is 23.7 Å². The number of benzene rings is 1. The Bertz CT molecular complexity index is 485. The lowest BCUT2D eigenvalue weighted by Crippen LogP contribution is -2.12. The molecular formula is C10H12BrNO3S. The van der Waals surface area contributed by atoms with Gasteiger partial charge in [0.15, 0.2) is 9.84 Å². The van der Waals surface area contributed by atoms with Crippen molar-refractivity contribution in [1.29, 1.82) is 0 Å². The van der Waals surface area contributed by atoms with Gasteiger partial charge in [0.2, 0.25) is 5.91 Å². The second kappa shape index (κ2) is 5.45. The van der Waals surface area contributed by atoms with Crippen LogP contribution in [0.3, 0.4) is 0 Å². The van der Waals surface area contributed by atoms with Gasteiger partial charge in [-0.3, -0.25) is 4.79 Å². The Balaban J connectivity index is 2.88. The summed E-state index contributed by atoms with van der Waals surface area (Å²) in [4.78, 5) is 11.5. The van der Waals surface area contributed by atoms with Gasteiger partial charge in [-0.2, -0.15) is 0 Å². The topological polar surface area (TPSA) is 63.2 Å². The molecule has 4 nitrogen and oxygen atoms in total. The monoisotopic (exact) mass is 305 g/mol. The summed E-state index contributed by atoms with van der Waals surface area (Å²) in [6.07, 6.45) is 1.48. The van der Waals surface area contributed by atoms with Crippen molar-refractivity contribution in [1.82, 2.24) is 0 Å². The molecule has 0 aliphatic rings. The fourth-order valence-electron chi connectivity index (χ4n) is 1.11. The van der Waals surface area contributed by atoms with E-state index in [2.05, 4.69) is 21.2 Å². The number of alkyl halides is 1. The van der Waals surface area contributed by atoms with Gasteiger partial charge in [0.1, 0.15) is 0 Å². The molecule has 1 aromatic carbocycles. The SMILES string of the molecule is CS(=O)(=O)c1cccc(NC(=O)CCBr)c1. The molecule has 16 heavy (non-hydrogen) atoms. The first-order valence-electron chi connectivity index (χ1n) is 4.59. The molecule has 0 unspecified atom stereocenters. The number of halogens is 1. The minimum atomic E-state index is -3.23. The molecular weight excluding hydrogens is 294 g/mol. The van der Waals surface area contributed by atoms with Crippen molar-refractivity contribution < 1.29 is 13.2 Å². The average molecular weight is 306 g/mol. The maximum Gasteiger partial charge on any atom is 0.225 e. The molecule has 0 saturated carbocycles. The van der Waals surface area contributed by atoms with E-state index in [1.54, 1.807) is 12.1 Å². The second-order valence-electron chi connectivity index (χ2n) is 3.29. The number of hydrogen-bond donors (Lipinski definition) is 1. The van der Waals surface area contributed by atoms with Crippen LogP contribution in [0, 0.1) is 0 Å². The number of anilines is 1. The number of carbonyl (C=O) groups excluding carboxylic acids is 1. The van der Waals surface area contributed by atoms with Crippen LogP contribution in [0.15, 0.2) is 29.2 Å². The highest BCUT2D eigenvalue weighted by molar-refractivity contribution is 9.09. The van der Waals surface area contributed by atoms with Crippen molar-refractivity contribution in [3.8, 4) is 0 Å². The first-order chi connectivity index (χ1) is 7.43. The summed E-state index contributed by atoms with van der Waals surface area (Å²) in [5, 5.41) is 3.20. The van der Waals surface area contributed by atoms with E-state index in [4.69, 9.17) is 0 Å². The molecule has 1 aromatic rings. The van der Waals surface area contributed by atoms with Crippen molar-refractivity contribution in [2.24, 2.45) is 0 Å². The quantitative estimate of drug-likeness (QED) is 0.863. The van der Waals surface area contributed by atoms with E-state index in [1.807, 2.05) is 0 Å². The predicted molar refractivity (Wildman–Crippen MR) is 66.6 cm³/mol. The normalized spacial score (nSPS) is 11.1. The summed E-state index contributed by atoms with van der Waals surface area (Å²) in [7, 11) is -3.23. The molecule has 88 valence electrons. The van der Waals surface area contributed by atoms with E-state index < -0.39 is 9.84 Å². The molecule has 0 heterocycles. The Morgan fingerprint density at radius 2 is 2.12 bits per heavy atom. The third kappa shape index (κ3) is 3.94. The zero-order valence-electron chi connectivity index (χ0n) is 8.73. The maximum absolute atomic E-state index is 11.3. The van der Waals surface area contributed by atoms with Crippen molar-refractivity contribution in [3.05, 3.63) is 24.3 Å². The van der Waals surface area contributed by atoms with E-state index in [1.165, 1.54) is 12.1 Å². The van der Waals surface area contributed by atoms with Crippen molar-refractivity contribution >= 4 is 37.4 Å². The van der Waals surface area contributed by atoms with Crippen LogP contribution in [0.4, 0.5) is 5.69 Å². The Morgan fingerprint density at radius 3 is 2.69 bits per heavy atom. The molecule has 0 spiro atoms. The first kappa shape index (κ1) is 13.2. The number of sulfone groups is 1. The summed E-state index contributed by atoms with van der Waals surface area (Å²) < 4.78 is 22.6. The predicted octanol–water partition coefficient (Wildman–Crippen LogP) is 1.81. The number of carbonyl (C=O) groups is 1. The standard InChI is InChI=1S/C10H12BrNO3S/c1-16(14,15)9-4-2-3-8(7-9)12-10(13)5-6-11/h2-4,7H,5-6H2,1H3,(H,12,13). The largest absolute Gasteiger partial charge is 0.326 e. The van der Waals surface area contributed by atoms with E-state index in [9.17, 15) is 13.2 Å². The van der Waals surface area contributed by atoms with Crippen LogP contribution in [0.1, 0.15) is 6.42 Å². The van der Waals surface area contributed by atoms with E-state index >= 15 is 0 Å². The lowest BCUT2D eigenvalue weighted by molar-refractivity contribution is -0.115. The Hall–Kier alpha value is -0.880. The van der Waals surface area contributed by atoms with Crippen LogP contribution in [0.2, 0.25) is 0 Å². The highest BCUT2D eigenvalue weighted by Gasteiger charge is 2.08. The number of amides is 1. The Kier molecular flexibility index (Phi) is 4.49. The first-order valence-corrected chi connectivity index (χ1v) is 7.60. The average Bonchev–Trinajstić information content (AvgIpc) is 2.17. The van der Waals surface area contributed by atoms with E-state index in [-0.39, 0.29) is 10.8 Å². The van der Waals surface area contributed by atoms with Gasteiger partial charge < -0.3 is 5.32 Å². The van der Waals surface area contributed by atoms with Crippen molar-refractivity contribution in [2.75, 3.05) is 16.9 Å². The van der Waals surface area contributed by atoms with Crippen LogP contribution < -0.4 is 5.32 Å². The number of nitrogens with one attached hydrogen (secondary N) is 1. The highest BCUT2D eigenvalue weighted by Crippen LogP contribution is 2.15. The molecule has 0 bridgehead atoms. The summed E-state index contributed by atoms with van der Waals surface area (Å²) in [5.41, 5.74) is 0.494. The van der Waals surface area contributed by atoms with Crippen LogP contribution in [-0.4, -0.2) is 25.9 Å². The van der Waals surface area contributed by atoms with Gasteiger partial charge in [-0.15, -0.1) is 0 Å². The van der Waals surface area contributed by atoms with E-state index in [0.717, 1.165) is 6.26 Å². The zero-order chi connectivity index (χ0) is 12.2. The van der Waals surface area contributed by atoms with Crippen molar-refractivity contribution in [2.45, 2.75) is 11.3 Å². The molecule has 1 N–H and O–H groups in total. The molecule has 6 heteroatoms. The van der Waals surface area contributed by atoms with Gasteiger partial charge in [-0.05, 0) is 18.2 Å². The fraction of sp³-hybridized carbons (Fsp3) is 0.300. The molecule has 0 aliphatic heterocycles. The molecule has 0 saturated heterocycles. The number of hydrogen-bond acceptors (Lipinski definition) is 3. The van der Waals surface area contributed by atoms with Gasteiger partial charge >= 0.3 is 0 Å². The third-order valence-corrected chi connectivity index (χ3v) is 3.37. The fourth-order valence-corrected chi connectivity index (χ4v) is 2.14. The minimum absolute atomic E-state index is 0.150. The van der Waals surface area contributed by atoms with Crippen LogP contribution in [0.25, 0.3) is 0 Å². The lowest BCUT2D eigenvalue weighted by Gasteiger charge is -2.05. The van der Waals surface area contributed by atoms with Gasteiger partial charge in [-0.25, -0.2) is 8.42 Å².